The highest BCUT2D eigenvalue weighted by Crippen LogP contribution is 2.39. The molecule has 0 bridgehead atoms. The van der Waals surface area contributed by atoms with E-state index in [0.717, 1.165) is 4.90 Å². The Hall–Kier alpha value is -0.860. The molecule has 19 heavy (non-hydrogen) atoms. The number of carbonyl (C=O) groups is 1. The average Bonchev–Trinajstić information content (AvgIpc) is 2.39. The number of carboxylic acids is 1. The van der Waals surface area contributed by atoms with Crippen LogP contribution in [0.2, 0.25) is 0 Å². The molecule has 0 amide bonds. The van der Waals surface area contributed by atoms with E-state index >= 15 is 0 Å². The Kier molecular flexibility index (Phi) is 6.02. The fraction of sp³-hybridized carbons (Fsp3) is 0.500. The molecule has 0 saturated heterocycles. The van der Waals surface area contributed by atoms with Crippen molar-refractivity contribution in [3.05, 3.63) is 30.3 Å². The summed E-state index contributed by atoms with van der Waals surface area (Å²) in [6.07, 6.45) is 0. The first-order chi connectivity index (χ1) is 8.91. The third kappa shape index (κ3) is 4.05. The van der Waals surface area contributed by atoms with Gasteiger partial charge in [-0.05, 0) is 30.9 Å². The number of carboxylic acid groups (broad SMARTS) is 1. The first-order valence-corrected chi connectivity index (χ1v) is 7.97. The third-order valence-electron chi connectivity index (χ3n) is 3.32. The van der Waals surface area contributed by atoms with Gasteiger partial charge in [-0.3, -0.25) is 9.36 Å². The van der Waals surface area contributed by atoms with Gasteiger partial charge in [-0.1, -0.05) is 32.0 Å². The van der Waals surface area contributed by atoms with E-state index in [4.69, 9.17) is 0 Å². The van der Waals surface area contributed by atoms with Crippen LogP contribution in [0.15, 0.2) is 35.2 Å². The zero-order chi connectivity index (χ0) is 14.5. The zero-order valence-corrected chi connectivity index (χ0v) is 13.1. The van der Waals surface area contributed by atoms with E-state index in [-0.39, 0.29) is 20.3 Å². The molecule has 3 nitrogen and oxygen atoms in total. The van der Waals surface area contributed by atoms with Crippen molar-refractivity contribution in [2.75, 3.05) is 5.75 Å². The maximum atomic E-state index is 11.4. The molecule has 104 valence electrons. The lowest BCUT2D eigenvalue weighted by atomic mass is 9.85. The van der Waals surface area contributed by atoms with Gasteiger partial charge in [0, 0.05) is 10.6 Å². The summed E-state index contributed by atoms with van der Waals surface area (Å²) in [4.78, 5) is 12.5. The fourth-order valence-corrected chi connectivity index (χ4v) is 4.14. The first-order valence-electron chi connectivity index (χ1n) is 6.17. The van der Waals surface area contributed by atoms with Gasteiger partial charge in [-0.2, -0.15) is 0 Å². The van der Waals surface area contributed by atoms with Gasteiger partial charge < -0.3 is 5.11 Å². The average molecular weight is 298 g/mol. The molecule has 0 saturated carbocycles. The van der Waals surface area contributed by atoms with Crippen molar-refractivity contribution in [2.45, 2.75) is 30.8 Å². The van der Waals surface area contributed by atoms with Crippen LogP contribution in [0.25, 0.3) is 0 Å². The van der Waals surface area contributed by atoms with Gasteiger partial charge >= 0.3 is 5.97 Å². The molecule has 0 heterocycles. The number of hydrogen-bond acceptors (Lipinski definition) is 3. The summed E-state index contributed by atoms with van der Waals surface area (Å²) < 4.78 is 11.3. The minimum Gasteiger partial charge on any atom is -0.480 e. The molecule has 0 aliphatic heterocycles. The number of hydrogen-bond donors (Lipinski definition) is 1. The van der Waals surface area contributed by atoms with Crippen molar-refractivity contribution < 1.29 is 14.5 Å². The van der Waals surface area contributed by atoms with Crippen molar-refractivity contribution >= 4 is 26.2 Å². The van der Waals surface area contributed by atoms with Crippen molar-refractivity contribution in [3.63, 3.8) is 0 Å². The van der Waals surface area contributed by atoms with Crippen molar-refractivity contribution in [3.8, 4) is 0 Å². The van der Waals surface area contributed by atoms with Gasteiger partial charge in [0.1, 0.15) is 5.16 Å². The van der Waals surface area contributed by atoms with Gasteiger partial charge in [0.05, 0.1) is 0 Å². The van der Waals surface area contributed by atoms with Gasteiger partial charge in [0.2, 0.25) is 0 Å². The lowest BCUT2D eigenvalue weighted by molar-refractivity contribution is -0.141. The molecule has 0 radical (unpaired) electrons. The molecule has 2 unspecified atom stereocenters. The van der Waals surface area contributed by atoms with Crippen LogP contribution in [0.3, 0.4) is 0 Å². The van der Waals surface area contributed by atoms with E-state index in [1.54, 1.807) is 18.7 Å². The van der Waals surface area contributed by atoms with E-state index in [2.05, 4.69) is 0 Å². The number of thioether (sulfide) groups is 1. The highest BCUT2D eigenvalue weighted by molar-refractivity contribution is 7.99. The lowest BCUT2D eigenvalue weighted by Crippen LogP contribution is -2.41. The summed E-state index contributed by atoms with van der Waals surface area (Å²) in [7, 11) is -0.326. The second-order valence-corrected chi connectivity index (χ2v) is 7.22. The van der Waals surface area contributed by atoms with Crippen molar-refractivity contribution in [2.24, 2.45) is 11.8 Å². The minimum absolute atomic E-state index is 0.152. The summed E-state index contributed by atoms with van der Waals surface area (Å²) in [5.41, 5.74) is 0. The predicted molar refractivity (Wildman–Crippen MR) is 79.1 cm³/mol. The summed E-state index contributed by atoms with van der Waals surface area (Å²) >= 11 is 1.61. The molecule has 0 aliphatic rings. The molecular weight excluding hydrogens is 279 g/mol. The molecular formula is C14H19O3PS. The maximum absolute atomic E-state index is 11.4. The van der Waals surface area contributed by atoms with Crippen LogP contribution >= 0.6 is 20.2 Å². The highest BCUT2D eigenvalue weighted by atomic mass is 32.2. The zero-order valence-electron chi connectivity index (χ0n) is 11.4. The minimum atomic E-state index is -1.23. The van der Waals surface area contributed by atoms with Crippen LogP contribution in [-0.2, 0) is 9.36 Å². The molecule has 1 aromatic carbocycles. The van der Waals surface area contributed by atoms with E-state index in [0.29, 0.717) is 5.75 Å². The van der Waals surface area contributed by atoms with Crippen LogP contribution in [0.1, 0.15) is 20.8 Å². The second kappa shape index (κ2) is 7.06. The van der Waals surface area contributed by atoms with E-state index in [9.17, 15) is 14.5 Å². The predicted octanol–water partition coefficient (Wildman–Crippen LogP) is 4.19. The summed E-state index contributed by atoms with van der Waals surface area (Å²) in [6.45, 7) is 5.51. The number of rotatable bonds is 7. The fourth-order valence-electron chi connectivity index (χ4n) is 1.97. The van der Waals surface area contributed by atoms with Crippen molar-refractivity contribution in [1.29, 1.82) is 0 Å². The molecule has 0 fully saturated rings. The Labute approximate surface area is 120 Å². The molecule has 1 N–H and O–H groups in total. The molecule has 1 rings (SSSR count). The SMILES string of the molecule is CC(C)C(CSc1ccccc1)C(C)(P=O)C(=O)O. The quantitative estimate of drug-likeness (QED) is 0.606. The van der Waals surface area contributed by atoms with Crippen molar-refractivity contribution in [1.82, 2.24) is 0 Å². The molecule has 1 aromatic rings. The van der Waals surface area contributed by atoms with E-state index < -0.39 is 11.1 Å². The monoisotopic (exact) mass is 298 g/mol. The van der Waals surface area contributed by atoms with Crippen LogP contribution in [0, 0.1) is 11.8 Å². The third-order valence-corrected chi connectivity index (χ3v) is 5.36. The van der Waals surface area contributed by atoms with Crippen LogP contribution in [0.4, 0.5) is 0 Å². The Morgan fingerprint density at radius 1 is 1.37 bits per heavy atom. The summed E-state index contributed by atoms with van der Waals surface area (Å²) in [6, 6.07) is 9.84. The topological polar surface area (TPSA) is 54.4 Å². The Morgan fingerprint density at radius 3 is 2.37 bits per heavy atom. The van der Waals surface area contributed by atoms with Gasteiger partial charge in [-0.15, -0.1) is 11.8 Å². The number of benzene rings is 1. The maximum Gasteiger partial charge on any atom is 0.321 e. The summed E-state index contributed by atoms with van der Waals surface area (Å²) in [5.74, 6) is -0.371. The molecule has 0 aromatic heterocycles. The lowest BCUT2D eigenvalue weighted by Gasteiger charge is -2.31. The Morgan fingerprint density at radius 2 is 1.95 bits per heavy atom. The van der Waals surface area contributed by atoms with Crippen LogP contribution in [-0.4, -0.2) is 22.0 Å². The molecule has 0 aliphatic carbocycles. The van der Waals surface area contributed by atoms with Crippen LogP contribution < -0.4 is 0 Å². The summed E-state index contributed by atoms with van der Waals surface area (Å²) in [5, 5.41) is 8.11. The van der Waals surface area contributed by atoms with E-state index in [1.165, 1.54) is 0 Å². The largest absolute Gasteiger partial charge is 0.480 e. The molecule has 2 atom stereocenters. The Balaban J connectivity index is 2.84. The smallest absolute Gasteiger partial charge is 0.321 e. The Bertz CT molecular complexity index is 436. The van der Waals surface area contributed by atoms with Gasteiger partial charge in [0.15, 0.2) is 8.46 Å². The molecule has 5 heteroatoms. The first kappa shape index (κ1) is 16.2. The van der Waals surface area contributed by atoms with Gasteiger partial charge in [-0.25, -0.2) is 0 Å². The van der Waals surface area contributed by atoms with Gasteiger partial charge in [0.25, 0.3) is 0 Å². The molecule has 0 spiro atoms. The highest BCUT2D eigenvalue weighted by Gasteiger charge is 2.44. The standard InChI is InChI=1S/C14H19O3PS/c1-10(2)12(14(3,18-17)13(15)16)9-19-11-7-5-4-6-8-11/h4-8,10,12H,9H2,1-3H3,(H,15,16). The number of aliphatic carboxylic acids is 1. The van der Waals surface area contributed by atoms with E-state index in [1.807, 2.05) is 44.2 Å². The second-order valence-electron chi connectivity index (χ2n) is 5.02. The van der Waals surface area contributed by atoms with Crippen LogP contribution in [0.5, 0.6) is 0 Å². The normalized spacial score (nSPS) is 16.2.